The third kappa shape index (κ3) is 9.73. The Morgan fingerprint density at radius 3 is 2.47 bits per heavy atom. The number of esters is 1. The molecule has 1 atom stereocenters. The van der Waals surface area contributed by atoms with E-state index in [1.165, 1.54) is 26.4 Å². The normalized spacial score (nSPS) is 12.9. The smallest absolute Gasteiger partial charge is 0.306 e. The first-order valence-electron chi connectivity index (χ1n) is 5.86. The molecule has 0 radical (unpaired) electrons. The van der Waals surface area contributed by atoms with Crippen LogP contribution in [0.3, 0.4) is 0 Å². The molecule has 1 N–H and O–H groups in total. The maximum absolute atomic E-state index is 10.8. The van der Waals surface area contributed by atoms with Gasteiger partial charge in [0.15, 0.2) is 0 Å². The highest BCUT2D eigenvalue weighted by atomic mass is 16.5. The minimum Gasteiger partial charge on any atom is -0.469 e. The van der Waals surface area contributed by atoms with Crippen LogP contribution in [0, 0.1) is 5.92 Å². The standard InChI is InChI=1S/C12H25NO2/c1-10(2)6-5-7-11(3)13-9-8-12(14)15-4/h10-11,13H,5-9H2,1-4H3. The van der Waals surface area contributed by atoms with Crippen molar-refractivity contribution in [3.8, 4) is 0 Å². The van der Waals surface area contributed by atoms with Gasteiger partial charge in [-0.25, -0.2) is 0 Å². The number of carbonyl (C=O) groups excluding carboxylic acids is 1. The molecule has 0 aromatic rings. The van der Waals surface area contributed by atoms with Gasteiger partial charge >= 0.3 is 5.97 Å². The van der Waals surface area contributed by atoms with E-state index in [4.69, 9.17) is 0 Å². The fourth-order valence-electron chi connectivity index (χ4n) is 1.46. The second kappa shape index (κ2) is 8.72. The summed E-state index contributed by atoms with van der Waals surface area (Å²) in [6.07, 6.45) is 4.18. The predicted molar refractivity (Wildman–Crippen MR) is 62.8 cm³/mol. The quantitative estimate of drug-likeness (QED) is 0.632. The van der Waals surface area contributed by atoms with Gasteiger partial charge in [0.2, 0.25) is 0 Å². The highest BCUT2D eigenvalue weighted by molar-refractivity contribution is 5.69. The van der Waals surface area contributed by atoms with E-state index in [1.807, 2.05) is 0 Å². The Hall–Kier alpha value is -0.570. The van der Waals surface area contributed by atoms with Crippen molar-refractivity contribution in [3.63, 3.8) is 0 Å². The third-order valence-corrected chi connectivity index (χ3v) is 2.47. The molecule has 0 heterocycles. The fraction of sp³-hybridized carbons (Fsp3) is 0.917. The summed E-state index contributed by atoms with van der Waals surface area (Å²) in [4.78, 5) is 10.8. The first-order valence-corrected chi connectivity index (χ1v) is 5.86. The van der Waals surface area contributed by atoms with Crippen molar-refractivity contribution in [2.45, 2.75) is 52.5 Å². The van der Waals surface area contributed by atoms with Gasteiger partial charge in [-0.3, -0.25) is 4.79 Å². The monoisotopic (exact) mass is 215 g/mol. The Balaban J connectivity index is 3.33. The van der Waals surface area contributed by atoms with Crippen LogP contribution in [-0.4, -0.2) is 25.7 Å². The van der Waals surface area contributed by atoms with Gasteiger partial charge in [0.25, 0.3) is 0 Å². The lowest BCUT2D eigenvalue weighted by Gasteiger charge is -2.13. The molecule has 0 saturated heterocycles. The summed E-state index contributed by atoms with van der Waals surface area (Å²) in [5.41, 5.74) is 0. The van der Waals surface area contributed by atoms with Gasteiger partial charge < -0.3 is 10.1 Å². The van der Waals surface area contributed by atoms with Crippen molar-refractivity contribution >= 4 is 5.97 Å². The molecule has 0 amide bonds. The van der Waals surface area contributed by atoms with Crippen LogP contribution in [0.15, 0.2) is 0 Å². The van der Waals surface area contributed by atoms with Crippen LogP contribution in [-0.2, 0) is 9.53 Å². The molecule has 0 aromatic carbocycles. The second-order valence-electron chi connectivity index (χ2n) is 4.51. The van der Waals surface area contributed by atoms with E-state index in [2.05, 4.69) is 30.8 Å². The Kier molecular flexibility index (Phi) is 8.38. The van der Waals surface area contributed by atoms with E-state index >= 15 is 0 Å². The minimum absolute atomic E-state index is 0.142. The molecule has 0 aromatic heterocycles. The number of nitrogens with one attached hydrogen (secondary N) is 1. The number of carbonyl (C=O) groups is 1. The van der Waals surface area contributed by atoms with Crippen LogP contribution in [0.25, 0.3) is 0 Å². The molecule has 0 aliphatic carbocycles. The zero-order valence-corrected chi connectivity index (χ0v) is 10.5. The van der Waals surface area contributed by atoms with E-state index in [-0.39, 0.29) is 5.97 Å². The van der Waals surface area contributed by atoms with Crippen LogP contribution < -0.4 is 5.32 Å². The van der Waals surface area contributed by atoms with Gasteiger partial charge in [-0.1, -0.05) is 26.7 Å². The maximum Gasteiger partial charge on any atom is 0.306 e. The van der Waals surface area contributed by atoms with E-state index < -0.39 is 0 Å². The minimum atomic E-state index is -0.142. The van der Waals surface area contributed by atoms with Crippen LogP contribution >= 0.6 is 0 Å². The summed E-state index contributed by atoms with van der Waals surface area (Å²) >= 11 is 0. The largest absolute Gasteiger partial charge is 0.469 e. The van der Waals surface area contributed by atoms with Gasteiger partial charge in [0.1, 0.15) is 0 Å². The number of rotatable bonds is 8. The lowest BCUT2D eigenvalue weighted by atomic mass is 10.0. The summed E-state index contributed by atoms with van der Waals surface area (Å²) < 4.78 is 4.57. The van der Waals surface area contributed by atoms with Crippen LogP contribution in [0.4, 0.5) is 0 Å². The average Bonchev–Trinajstić information content (AvgIpc) is 2.17. The number of hydrogen-bond acceptors (Lipinski definition) is 3. The lowest BCUT2D eigenvalue weighted by Crippen LogP contribution is -2.28. The van der Waals surface area contributed by atoms with Crippen LogP contribution in [0.1, 0.15) is 46.5 Å². The fourth-order valence-corrected chi connectivity index (χ4v) is 1.46. The highest BCUT2D eigenvalue weighted by Crippen LogP contribution is 2.08. The molecule has 3 nitrogen and oxygen atoms in total. The molecule has 0 fully saturated rings. The van der Waals surface area contributed by atoms with Gasteiger partial charge in [-0.2, -0.15) is 0 Å². The zero-order valence-electron chi connectivity index (χ0n) is 10.5. The highest BCUT2D eigenvalue weighted by Gasteiger charge is 2.04. The molecule has 0 aliphatic heterocycles. The molecule has 15 heavy (non-hydrogen) atoms. The number of methoxy groups -OCH3 is 1. The molecule has 3 heteroatoms. The van der Waals surface area contributed by atoms with Crippen LogP contribution in [0.2, 0.25) is 0 Å². The van der Waals surface area contributed by atoms with Gasteiger partial charge in [-0.15, -0.1) is 0 Å². The summed E-state index contributed by atoms with van der Waals surface area (Å²) in [6, 6.07) is 0.494. The molecule has 90 valence electrons. The average molecular weight is 215 g/mol. The molecular formula is C12H25NO2. The molecule has 0 spiro atoms. The Labute approximate surface area is 93.6 Å². The molecule has 1 unspecified atom stereocenters. The Morgan fingerprint density at radius 1 is 1.27 bits per heavy atom. The zero-order chi connectivity index (χ0) is 11.7. The third-order valence-electron chi connectivity index (χ3n) is 2.47. The molecule has 0 aliphatic rings. The first-order chi connectivity index (χ1) is 7.06. The van der Waals surface area contributed by atoms with E-state index in [0.29, 0.717) is 12.5 Å². The Bertz CT molecular complexity index is 169. The molecular weight excluding hydrogens is 190 g/mol. The molecule has 0 saturated carbocycles. The molecule has 0 bridgehead atoms. The Morgan fingerprint density at radius 2 is 1.93 bits per heavy atom. The summed E-state index contributed by atoms with van der Waals surface area (Å²) in [6.45, 7) is 7.37. The van der Waals surface area contributed by atoms with Crippen molar-refractivity contribution in [2.24, 2.45) is 5.92 Å². The van der Waals surface area contributed by atoms with Crippen molar-refractivity contribution in [2.75, 3.05) is 13.7 Å². The van der Waals surface area contributed by atoms with E-state index in [1.54, 1.807) is 0 Å². The van der Waals surface area contributed by atoms with Gasteiger partial charge in [0, 0.05) is 12.6 Å². The summed E-state index contributed by atoms with van der Waals surface area (Å²) in [5.74, 6) is 0.643. The second-order valence-corrected chi connectivity index (χ2v) is 4.51. The molecule has 0 rings (SSSR count). The maximum atomic E-state index is 10.8. The summed E-state index contributed by atoms with van der Waals surface area (Å²) in [5, 5.41) is 3.32. The predicted octanol–water partition coefficient (Wildman–Crippen LogP) is 2.35. The van der Waals surface area contributed by atoms with E-state index in [0.717, 1.165) is 12.5 Å². The first kappa shape index (κ1) is 14.4. The van der Waals surface area contributed by atoms with Gasteiger partial charge in [0.05, 0.1) is 13.5 Å². The SMILES string of the molecule is COC(=O)CCNC(C)CCCC(C)C. The lowest BCUT2D eigenvalue weighted by molar-refractivity contribution is -0.140. The van der Waals surface area contributed by atoms with Crippen molar-refractivity contribution in [1.29, 1.82) is 0 Å². The van der Waals surface area contributed by atoms with Crippen molar-refractivity contribution in [3.05, 3.63) is 0 Å². The van der Waals surface area contributed by atoms with Crippen LogP contribution in [0.5, 0.6) is 0 Å². The number of hydrogen-bond donors (Lipinski definition) is 1. The number of ether oxygens (including phenoxy) is 1. The summed E-state index contributed by atoms with van der Waals surface area (Å²) in [7, 11) is 1.42. The van der Waals surface area contributed by atoms with Crippen molar-refractivity contribution < 1.29 is 9.53 Å². The topological polar surface area (TPSA) is 38.3 Å². The van der Waals surface area contributed by atoms with E-state index in [9.17, 15) is 4.79 Å². The van der Waals surface area contributed by atoms with Crippen molar-refractivity contribution in [1.82, 2.24) is 5.32 Å². The van der Waals surface area contributed by atoms with Gasteiger partial charge in [-0.05, 0) is 19.3 Å².